The molecule has 102 valence electrons. The lowest BCUT2D eigenvalue weighted by molar-refractivity contribution is 1.14. The molecule has 0 amide bonds. The van der Waals surface area contributed by atoms with Gasteiger partial charge in [-0.05, 0) is 37.1 Å². The Morgan fingerprint density at radius 2 is 1.95 bits per heavy atom. The molecule has 2 heterocycles. The van der Waals surface area contributed by atoms with Crippen molar-refractivity contribution in [3.63, 3.8) is 0 Å². The Morgan fingerprint density at radius 1 is 1.20 bits per heavy atom. The molecule has 0 saturated heterocycles. The lowest BCUT2D eigenvalue weighted by Crippen LogP contribution is -2.00. The Kier molecular flexibility index (Phi) is 3.28. The molecule has 0 aliphatic heterocycles. The molecule has 1 aromatic carbocycles. The molecule has 4 nitrogen and oxygen atoms in total. The van der Waals surface area contributed by atoms with Crippen molar-refractivity contribution in [3.05, 3.63) is 40.8 Å². The summed E-state index contributed by atoms with van der Waals surface area (Å²) < 4.78 is 0. The maximum Gasteiger partial charge on any atom is 0.223 e. The highest BCUT2D eigenvalue weighted by atomic mass is 32.1. The molecular weight excluding hydrogens is 268 g/mol. The molecule has 20 heavy (non-hydrogen) atoms. The molecule has 0 fully saturated rings. The van der Waals surface area contributed by atoms with Crippen molar-refractivity contribution in [2.24, 2.45) is 0 Å². The van der Waals surface area contributed by atoms with E-state index in [1.54, 1.807) is 11.3 Å². The number of fused-ring (bicyclic) bond motifs is 1. The molecule has 0 unspecified atom stereocenters. The Balaban J connectivity index is 2.00. The minimum absolute atomic E-state index is 0.298. The monoisotopic (exact) mass is 284 g/mol. The molecule has 3 rings (SSSR count). The van der Waals surface area contributed by atoms with Crippen molar-refractivity contribution in [3.8, 4) is 0 Å². The first kappa shape index (κ1) is 12.9. The van der Waals surface area contributed by atoms with Crippen molar-refractivity contribution >= 4 is 39.0 Å². The number of hydrogen-bond acceptors (Lipinski definition) is 5. The number of aromatic nitrogens is 2. The van der Waals surface area contributed by atoms with E-state index in [9.17, 15) is 0 Å². The van der Waals surface area contributed by atoms with Crippen molar-refractivity contribution in [1.29, 1.82) is 0 Å². The fraction of sp³-hybridized carbons (Fsp3) is 0.200. The molecule has 3 aromatic rings. The third-order valence-electron chi connectivity index (χ3n) is 3.16. The first-order valence-electron chi connectivity index (χ1n) is 6.55. The zero-order valence-electron chi connectivity index (χ0n) is 11.5. The van der Waals surface area contributed by atoms with Crippen molar-refractivity contribution in [2.75, 3.05) is 11.1 Å². The average Bonchev–Trinajstić information content (AvgIpc) is 2.80. The number of nitrogen functional groups attached to an aromatic ring is 1. The normalized spacial score (nSPS) is 10.9. The van der Waals surface area contributed by atoms with Crippen LogP contribution in [0.1, 0.15) is 17.4 Å². The quantitative estimate of drug-likeness (QED) is 0.766. The van der Waals surface area contributed by atoms with Crippen LogP contribution in [0.2, 0.25) is 0 Å². The summed E-state index contributed by atoms with van der Waals surface area (Å²) in [5.41, 5.74) is 8.10. The number of hydrogen-bond donors (Lipinski definition) is 2. The van der Waals surface area contributed by atoms with Crippen LogP contribution in [-0.2, 0) is 6.42 Å². The average molecular weight is 284 g/mol. The molecule has 3 N–H and O–H groups in total. The summed E-state index contributed by atoms with van der Waals surface area (Å²) in [5.74, 6) is 1.06. The Labute approximate surface area is 121 Å². The van der Waals surface area contributed by atoms with Crippen molar-refractivity contribution in [2.45, 2.75) is 20.3 Å². The highest BCUT2D eigenvalue weighted by Crippen LogP contribution is 2.30. The second kappa shape index (κ2) is 5.09. The van der Waals surface area contributed by atoms with Crippen molar-refractivity contribution < 1.29 is 0 Å². The number of benzene rings is 1. The second-order valence-electron chi connectivity index (χ2n) is 4.68. The van der Waals surface area contributed by atoms with Crippen LogP contribution in [0.25, 0.3) is 10.2 Å². The highest BCUT2D eigenvalue weighted by Gasteiger charge is 2.09. The Bertz CT molecular complexity index is 746. The zero-order chi connectivity index (χ0) is 14.1. The Morgan fingerprint density at radius 3 is 2.65 bits per heavy atom. The SMILES string of the molecule is CCc1ccc(Nc2nc(N)nc3sc(C)cc23)cc1. The van der Waals surface area contributed by atoms with Crippen LogP contribution in [0, 0.1) is 6.92 Å². The molecule has 5 heteroatoms. The van der Waals surface area contributed by atoms with Gasteiger partial charge in [0, 0.05) is 10.6 Å². The largest absolute Gasteiger partial charge is 0.368 e. The van der Waals surface area contributed by atoms with Gasteiger partial charge in [-0.25, -0.2) is 4.98 Å². The van der Waals surface area contributed by atoms with Crippen LogP contribution in [0.3, 0.4) is 0 Å². The standard InChI is InChI=1S/C15H16N4S/c1-3-10-4-6-11(7-5-10)17-13-12-8-9(2)20-14(12)19-15(16)18-13/h4-8H,3H2,1-2H3,(H3,16,17,18,19). The fourth-order valence-electron chi connectivity index (χ4n) is 2.11. The molecular formula is C15H16N4S. The predicted molar refractivity (Wildman–Crippen MR) is 85.7 cm³/mol. The molecule has 0 radical (unpaired) electrons. The van der Waals surface area contributed by atoms with Crippen LogP contribution in [0.4, 0.5) is 17.5 Å². The lowest BCUT2D eigenvalue weighted by atomic mass is 10.1. The maximum atomic E-state index is 5.78. The summed E-state index contributed by atoms with van der Waals surface area (Å²) in [4.78, 5) is 10.7. The van der Waals surface area contributed by atoms with Gasteiger partial charge in [-0.3, -0.25) is 0 Å². The summed E-state index contributed by atoms with van der Waals surface area (Å²) in [6.45, 7) is 4.20. The van der Waals surface area contributed by atoms with E-state index in [0.717, 1.165) is 28.1 Å². The summed E-state index contributed by atoms with van der Waals surface area (Å²) >= 11 is 1.63. The van der Waals surface area contributed by atoms with E-state index in [1.165, 1.54) is 10.4 Å². The molecule has 0 aliphatic carbocycles. The first-order valence-corrected chi connectivity index (χ1v) is 7.37. The van der Waals surface area contributed by atoms with Gasteiger partial charge in [-0.1, -0.05) is 19.1 Å². The highest BCUT2D eigenvalue weighted by molar-refractivity contribution is 7.18. The Hall–Kier alpha value is -2.14. The molecule has 2 aromatic heterocycles. The molecule has 0 aliphatic rings. The number of thiophene rings is 1. The maximum absolute atomic E-state index is 5.78. The first-order chi connectivity index (χ1) is 9.65. The van der Waals surface area contributed by atoms with Gasteiger partial charge >= 0.3 is 0 Å². The van der Waals surface area contributed by atoms with Crippen LogP contribution in [-0.4, -0.2) is 9.97 Å². The lowest BCUT2D eigenvalue weighted by Gasteiger charge is -2.08. The minimum atomic E-state index is 0.298. The van der Waals surface area contributed by atoms with E-state index in [2.05, 4.69) is 59.5 Å². The topological polar surface area (TPSA) is 63.8 Å². The van der Waals surface area contributed by atoms with Gasteiger partial charge in [-0.15, -0.1) is 11.3 Å². The number of anilines is 3. The van der Waals surface area contributed by atoms with E-state index in [4.69, 9.17) is 5.73 Å². The van der Waals surface area contributed by atoms with Gasteiger partial charge in [-0.2, -0.15) is 4.98 Å². The molecule has 0 spiro atoms. The second-order valence-corrected chi connectivity index (χ2v) is 5.92. The van der Waals surface area contributed by atoms with Gasteiger partial charge in [0.1, 0.15) is 10.6 Å². The van der Waals surface area contributed by atoms with E-state index < -0.39 is 0 Å². The third-order valence-corrected chi connectivity index (χ3v) is 4.10. The van der Waals surface area contributed by atoms with E-state index in [-0.39, 0.29) is 0 Å². The van der Waals surface area contributed by atoms with Gasteiger partial charge < -0.3 is 11.1 Å². The summed E-state index contributed by atoms with van der Waals surface area (Å²) in [6.07, 6.45) is 1.04. The summed E-state index contributed by atoms with van der Waals surface area (Å²) in [5, 5.41) is 4.34. The zero-order valence-corrected chi connectivity index (χ0v) is 12.3. The smallest absolute Gasteiger partial charge is 0.223 e. The summed E-state index contributed by atoms with van der Waals surface area (Å²) in [6, 6.07) is 10.4. The van der Waals surface area contributed by atoms with E-state index in [0.29, 0.717) is 5.95 Å². The fourth-order valence-corrected chi connectivity index (χ4v) is 3.00. The molecule has 0 bridgehead atoms. The van der Waals surface area contributed by atoms with E-state index >= 15 is 0 Å². The molecule has 0 atom stereocenters. The number of nitrogens with one attached hydrogen (secondary N) is 1. The third kappa shape index (κ3) is 2.44. The van der Waals surface area contributed by atoms with E-state index in [1.807, 2.05) is 0 Å². The number of nitrogens with two attached hydrogens (primary N) is 1. The number of rotatable bonds is 3. The number of nitrogens with zero attached hydrogens (tertiary/aromatic N) is 2. The van der Waals surface area contributed by atoms with Gasteiger partial charge in [0.2, 0.25) is 5.95 Å². The summed E-state index contributed by atoms with van der Waals surface area (Å²) in [7, 11) is 0. The van der Waals surface area contributed by atoms with Gasteiger partial charge in [0.15, 0.2) is 0 Å². The van der Waals surface area contributed by atoms with Crippen LogP contribution < -0.4 is 11.1 Å². The predicted octanol–water partition coefficient (Wildman–Crippen LogP) is 3.89. The number of aryl methyl sites for hydroxylation is 2. The molecule has 0 saturated carbocycles. The minimum Gasteiger partial charge on any atom is -0.368 e. The van der Waals surface area contributed by atoms with Crippen LogP contribution in [0.15, 0.2) is 30.3 Å². The van der Waals surface area contributed by atoms with Crippen LogP contribution in [0.5, 0.6) is 0 Å². The van der Waals surface area contributed by atoms with Gasteiger partial charge in [0.25, 0.3) is 0 Å². The van der Waals surface area contributed by atoms with Crippen molar-refractivity contribution in [1.82, 2.24) is 9.97 Å². The van der Waals surface area contributed by atoms with Crippen LogP contribution >= 0.6 is 11.3 Å². The van der Waals surface area contributed by atoms with Gasteiger partial charge in [0.05, 0.1) is 5.39 Å².